The summed E-state index contributed by atoms with van der Waals surface area (Å²) in [6.45, 7) is 8.71. The number of allylic oxidation sites excluding steroid dienone is 1. The third-order valence-electron chi connectivity index (χ3n) is 7.41. The first kappa shape index (κ1) is 30.4. The maximum Gasteiger partial charge on any atom is 0.338 e. The highest BCUT2D eigenvalue weighted by atomic mass is 32.1. The molecule has 0 spiro atoms. The molecule has 0 radical (unpaired) electrons. The van der Waals surface area contributed by atoms with Gasteiger partial charge in [0, 0.05) is 24.2 Å². The number of aromatic nitrogens is 3. The standard InChI is InChI=1S/C36H30N4O5S/c1-5-19-44-35(43)31-23(3)37-36-40(33(31)26-15-17-29(18-16-26)45-24(4)41)34(42)30(46-36)20-27-21-39(28-9-7-6-8-10-28)38-32(27)25-13-11-22(2)12-14-25/h5-18,20-21,33H,1,19H2,2-4H3/b30-20+. The Hall–Kier alpha value is -5.61. The van der Waals surface area contributed by atoms with Gasteiger partial charge in [-0.1, -0.05) is 84.2 Å². The zero-order valence-electron chi connectivity index (χ0n) is 25.5. The van der Waals surface area contributed by atoms with Crippen LogP contribution in [0.5, 0.6) is 5.75 Å². The van der Waals surface area contributed by atoms with Gasteiger partial charge in [0.15, 0.2) is 4.80 Å². The van der Waals surface area contributed by atoms with E-state index in [-0.39, 0.29) is 17.7 Å². The zero-order chi connectivity index (χ0) is 32.4. The summed E-state index contributed by atoms with van der Waals surface area (Å²) in [6.07, 6.45) is 5.20. The Morgan fingerprint density at radius 3 is 2.39 bits per heavy atom. The fourth-order valence-corrected chi connectivity index (χ4v) is 6.31. The Bertz CT molecular complexity index is 2170. The van der Waals surface area contributed by atoms with E-state index < -0.39 is 18.0 Å². The fraction of sp³-hybridized carbons (Fsp3) is 0.139. The van der Waals surface area contributed by atoms with E-state index >= 15 is 0 Å². The number of fused-ring (bicyclic) bond motifs is 1. The van der Waals surface area contributed by atoms with Crippen molar-refractivity contribution in [3.63, 3.8) is 0 Å². The molecule has 0 N–H and O–H groups in total. The summed E-state index contributed by atoms with van der Waals surface area (Å²) in [6, 6.07) is 23.7. The van der Waals surface area contributed by atoms with Gasteiger partial charge < -0.3 is 9.47 Å². The number of benzene rings is 3. The molecule has 0 aliphatic carbocycles. The van der Waals surface area contributed by atoms with Crippen molar-refractivity contribution in [3.8, 4) is 22.7 Å². The highest BCUT2D eigenvalue weighted by Crippen LogP contribution is 2.32. The molecule has 0 bridgehead atoms. The van der Waals surface area contributed by atoms with E-state index in [0.29, 0.717) is 26.3 Å². The maximum absolute atomic E-state index is 14.3. The summed E-state index contributed by atoms with van der Waals surface area (Å²) >= 11 is 1.23. The van der Waals surface area contributed by atoms with Gasteiger partial charge in [-0.3, -0.25) is 14.2 Å². The molecule has 230 valence electrons. The highest BCUT2D eigenvalue weighted by Gasteiger charge is 2.33. The van der Waals surface area contributed by atoms with Crippen molar-refractivity contribution in [1.29, 1.82) is 0 Å². The molecule has 6 rings (SSSR count). The van der Waals surface area contributed by atoms with E-state index in [9.17, 15) is 14.4 Å². The van der Waals surface area contributed by atoms with Crippen molar-refractivity contribution in [2.45, 2.75) is 26.8 Å². The Morgan fingerprint density at radius 2 is 1.72 bits per heavy atom. The van der Waals surface area contributed by atoms with Gasteiger partial charge in [0.25, 0.3) is 5.56 Å². The van der Waals surface area contributed by atoms with E-state index in [0.717, 1.165) is 28.1 Å². The molecule has 2 aromatic heterocycles. The molecule has 1 atom stereocenters. The van der Waals surface area contributed by atoms with Crippen LogP contribution in [-0.2, 0) is 14.3 Å². The Morgan fingerprint density at radius 1 is 1.00 bits per heavy atom. The molecular weight excluding hydrogens is 600 g/mol. The average molecular weight is 631 g/mol. The molecule has 1 aliphatic rings. The molecule has 10 heteroatoms. The number of para-hydroxylation sites is 1. The van der Waals surface area contributed by atoms with Crippen LogP contribution in [0.3, 0.4) is 0 Å². The van der Waals surface area contributed by atoms with Crippen LogP contribution in [0.1, 0.15) is 36.6 Å². The van der Waals surface area contributed by atoms with Crippen LogP contribution >= 0.6 is 11.3 Å². The van der Waals surface area contributed by atoms with E-state index in [4.69, 9.17) is 14.6 Å². The number of hydrogen-bond acceptors (Lipinski definition) is 8. The number of carbonyl (C=O) groups is 2. The number of nitrogens with zero attached hydrogens (tertiary/aromatic N) is 4. The highest BCUT2D eigenvalue weighted by molar-refractivity contribution is 7.07. The normalized spacial score (nSPS) is 14.4. The molecule has 0 amide bonds. The van der Waals surface area contributed by atoms with Crippen molar-refractivity contribution >= 4 is 29.4 Å². The molecule has 0 saturated heterocycles. The zero-order valence-corrected chi connectivity index (χ0v) is 26.3. The summed E-state index contributed by atoms with van der Waals surface area (Å²) in [5.41, 5.74) is 5.37. The number of rotatable bonds is 8. The van der Waals surface area contributed by atoms with Crippen molar-refractivity contribution in [3.05, 3.63) is 145 Å². The third-order valence-corrected chi connectivity index (χ3v) is 8.39. The summed E-state index contributed by atoms with van der Waals surface area (Å²) in [5.74, 6) is -0.708. The predicted octanol–water partition coefficient (Wildman–Crippen LogP) is 5.05. The van der Waals surface area contributed by atoms with Crippen LogP contribution in [-0.4, -0.2) is 32.9 Å². The Labute approximate surface area is 268 Å². The molecule has 9 nitrogen and oxygen atoms in total. The number of ether oxygens (including phenoxy) is 2. The lowest BCUT2D eigenvalue weighted by atomic mass is 9.96. The molecule has 3 heterocycles. The molecule has 0 saturated carbocycles. The van der Waals surface area contributed by atoms with Crippen LogP contribution in [0.25, 0.3) is 23.0 Å². The van der Waals surface area contributed by atoms with Gasteiger partial charge in [-0.15, -0.1) is 0 Å². The van der Waals surface area contributed by atoms with Crippen LogP contribution in [0.4, 0.5) is 0 Å². The fourth-order valence-electron chi connectivity index (χ4n) is 5.28. The lowest BCUT2D eigenvalue weighted by Crippen LogP contribution is -2.39. The van der Waals surface area contributed by atoms with E-state index in [1.54, 1.807) is 35.9 Å². The average Bonchev–Trinajstić information content (AvgIpc) is 3.60. The van der Waals surface area contributed by atoms with E-state index in [2.05, 4.69) is 11.6 Å². The van der Waals surface area contributed by atoms with Crippen molar-refractivity contribution in [2.24, 2.45) is 4.99 Å². The lowest BCUT2D eigenvalue weighted by molar-refractivity contribution is -0.138. The third kappa shape index (κ3) is 6.02. The van der Waals surface area contributed by atoms with Gasteiger partial charge in [-0.2, -0.15) is 5.10 Å². The number of esters is 2. The summed E-state index contributed by atoms with van der Waals surface area (Å²) < 4.78 is 14.4. The summed E-state index contributed by atoms with van der Waals surface area (Å²) in [5, 5.41) is 4.90. The minimum absolute atomic E-state index is 0.00529. The van der Waals surface area contributed by atoms with E-state index in [1.807, 2.05) is 73.8 Å². The Kier molecular flexibility index (Phi) is 8.45. The largest absolute Gasteiger partial charge is 0.458 e. The SMILES string of the molecule is C=CCOC(=O)C1=C(C)N=c2s/c(=C/c3cn(-c4ccccc4)nc3-c3ccc(C)cc3)c(=O)n2C1c1ccc(OC(C)=O)cc1. The monoisotopic (exact) mass is 630 g/mol. The maximum atomic E-state index is 14.3. The lowest BCUT2D eigenvalue weighted by Gasteiger charge is -2.24. The van der Waals surface area contributed by atoms with Gasteiger partial charge in [0.2, 0.25) is 0 Å². The van der Waals surface area contributed by atoms with Gasteiger partial charge in [-0.25, -0.2) is 14.5 Å². The minimum atomic E-state index is -0.828. The van der Waals surface area contributed by atoms with Crippen molar-refractivity contribution in [2.75, 3.05) is 6.61 Å². The number of carbonyl (C=O) groups excluding carboxylic acids is 2. The molecular formula is C36H30N4O5S. The number of aryl methyl sites for hydroxylation is 1. The van der Waals surface area contributed by atoms with E-state index in [1.165, 1.54) is 28.9 Å². The summed E-state index contributed by atoms with van der Waals surface area (Å²) in [7, 11) is 0. The van der Waals surface area contributed by atoms with Crippen molar-refractivity contribution < 1.29 is 19.1 Å². The Balaban J connectivity index is 1.53. The quantitative estimate of drug-likeness (QED) is 0.135. The van der Waals surface area contributed by atoms with Crippen LogP contribution in [0.2, 0.25) is 0 Å². The second kappa shape index (κ2) is 12.8. The molecule has 3 aromatic carbocycles. The first-order chi connectivity index (χ1) is 22.2. The second-order valence-corrected chi connectivity index (χ2v) is 11.7. The molecule has 0 fully saturated rings. The first-order valence-corrected chi connectivity index (χ1v) is 15.4. The van der Waals surface area contributed by atoms with Gasteiger partial charge >= 0.3 is 11.9 Å². The van der Waals surface area contributed by atoms with Crippen LogP contribution < -0.4 is 19.6 Å². The first-order valence-electron chi connectivity index (χ1n) is 14.5. The van der Waals surface area contributed by atoms with Crippen LogP contribution in [0.15, 0.2) is 119 Å². The summed E-state index contributed by atoms with van der Waals surface area (Å²) in [4.78, 5) is 44.2. The molecule has 1 aliphatic heterocycles. The predicted molar refractivity (Wildman–Crippen MR) is 176 cm³/mol. The van der Waals surface area contributed by atoms with Gasteiger partial charge in [0.1, 0.15) is 12.4 Å². The number of hydrogen-bond donors (Lipinski definition) is 0. The topological polar surface area (TPSA) is 105 Å². The number of thiazole rings is 1. The van der Waals surface area contributed by atoms with Crippen LogP contribution in [0, 0.1) is 6.92 Å². The smallest absolute Gasteiger partial charge is 0.338 e. The van der Waals surface area contributed by atoms with Crippen molar-refractivity contribution in [1.82, 2.24) is 14.3 Å². The molecule has 5 aromatic rings. The van der Waals surface area contributed by atoms with Gasteiger partial charge in [-0.05, 0) is 49.8 Å². The molecule has 1 unspecified atom stereocenters. The minimum Gasteiger partial charge on any atom is -0.458 e. The second-order valence-electron chi connectivity index (χ2n) is 10.7. The van der Waals surface area contributed by atoms with Gasteiger partial charge in [0.05, 0.1) is 33.2 Å². The molecule has 46 heavy (non-hydrogen) atoms.